The van der Waals surface area contributed by atoms with Gasteiger partial charge in [-0.2, -0.15) is 4.31 Å². The van der Waals surface area contributed by atoms with E-state index in [0.29, 0.717) is 5.69 Å². The third kappa shape index (κ3) is 3.72. The van der Waals surface area contributed by atoms with Crippen LogP contribution in [0.4, 0.5) is 5.69 Å². The number of anilines is 1. The highest BCUT2D eigenvalue weighted by molar-refractivity contribution is 7.89. The molecule has 8 heteroatoms. The van der Waals surface area contributed by atoms with Crippen molar-refractivity contribution in [3.63, 3.8) is 0 Å². The molecule has 7 nitrogen and oxygen atoms in total. The van der Waals surface area contributed by atoms with Gasteiger partial charge in [0.25, 0.3) is 0 Å². The number of hydrogen-bond acceptors (Lipinski definition) is 6. The summed E-state index contributed by atoms with van der Waals surface area (Å²) in [5, 5.41) is 0. The number of carbonyl (C=O) groups excluding carboxylic acids is 1. The third-order valence-corrected chi connectivity index (χ3v) is 5.12. The van der Waals surface area contributed by atoms with Crippen LogP contribution in [0, 0.1) is 0 Å². The number of nitrogens with two attached hydrogens (primary N) is 1. The van der Waals surface area contributed by atoms with E-state index >= 15 is 0 Å². The van der Waals surface area contributed by atoms with Crippen LogP contribution in [0.2, 0.25) is 0 Å². The molecule has 0 radical (unpaired) electrons. The van der Waals surface area contributed by atoms with Gasteiger partial charge in [0.2, 0.25) is 10.0 Å². The second kappa shape index (κ2) is 6.42. The number of hydrogen-bond donors (Lipinski definition) is 1. The number of sulfonamides is 1. The molecule has 1 unspecified atom stereocenters. The fraction of sp³-hybridized carbons (Fsp3) is 0.462. The van der Waals surface area contributed by atoms with Crippen LogP contribution in [-0.2, 0) is 24.3 Å². The number of morpholine rings is 1. The van der Waals surface area contributed by atoms with E-state index in [1.807, 2.05) is 0 Å². The van der Waals surface area contributed by atoms with Crippen molar-refractivity contribution in [2.75, 3.05) is 32.5 Å². The van der Waals surface area contributed by atoms with E-state index in [2.05, 4.69) is 4.74 Å². The largest absolute Gasteiger partial charge is 0.469 e. The molecule has 21 heavy (non-hydrogen) atoms. The molecule has 1 aliphatic heterocycles. The molecular formula is C13H18N2O5S. The number of carbonyl (C=O) groups is 1. The SMILES string of the molecule is COC(=O)CC1CN(S(=O)(=O)c2ccc(N)cc2)CCO1. The zero-order valence-electron chi connectivity index (χ0n) is 11.7. The molecule has 0 spiro atoms. The molecule has 0 aromatic heterocycles. The van der Waals surface area contributed by atoms with Crippen molar-refractivity contribution in [1.82, 2.24) is 4.31 Å². The van der Waals surface area contributed by atoms with Crippen LogP contribution in [0.25, 0.3) is 0 Å². The third-order valence-electron chi connectivity index (χ3n) is 3.24. The van der Waals surface area contributed by atoms with Gasteiger partial charge >= 0.3 is 5.97 Å². The molecule has 116 valence electrons. The highest BCUT2D eigenvalue weighted by atomic mass is 32.2. The Bertz CT molecular complexity index is 599. The first-order valence-corrected chi connectivity index (χ1v) is 7.91. The van der Waals surface area contributed by atoms with Gasteiger partial charge in [-0.25, -0.2) is 8.42 Å². The van der Waals surface area contributed by atoms with Gasteiger partial charge in [-0.15, -0.1) is 0 Å². The van der Waals surface area contributed by atoms with Gasteiger partial charge in [0.05, 0.1) is 31.1 Å². The summed E-state index contributed by atoms with van der Waals surface area (Å²) in [6.45, 7) is 0.627. The zero-order chi connectivity index (χ0) is 15.5. The maximum absolute atomic E-state index is 12.5. The maximum atomic E-state index is 12.5. The van der Waals surface area contributed by atoms with Crippen molar-refractivity contribution in [3.05, 3.63) is 24.3 Å². The van der Waals surface area contributed by atoms with Crippen LogP contribution < -0.4 is 5.73 Å². The van der Waals surface area contributed by atoms with Gasteiger partial charge in [0.1, 0.15) is 0 Å². The summed E-state index contributed by atoms with van der Waals surface area (Å²) in [6.07, 6.45) is -0.459. The average molecular weight is 314 g/mol. The van der Waals surface area contributed by atoms with Gasteiger partial charge in [-0.05, 0) is 24.3 Å². The number of nitrogen functional groups attached to an aromatic ring is 1. The van der Waals surface area contributed by atoms with Crippen LogP contribution in [0.15, 0.2) is 29.2 Å². The molecule has 1 heterocycles. The van der Waals surface area contributed by atoms with E-state index in [-0.39, 0.29) is 31.0 Å². The van der Waals surface area contributed by atoms with E-state index in [1.165, 1.54) is 23.5 Å². The van der Waals surface area contributed by atoms with E-state index in [1.54, 1.807) is 12.1 Å². The lowest BCUT2D eigenvalue weighted by atomic mass is 10.2. The Balaban J connectivity index is 2.12. The number of nitrogens with zero attached hydrogens (tertiary/aromatic N) is 1. The fourth-order valence-electron chi connectivity index (χ4n) is 2.09. The van der Waals surface area contributed by atoms with Gasteiger partial charge < -0.3 is 15.2 Å². The Labute approximate surface area is 123 Å². The van der Waals surface area contributed by atoms with Crippen LogP contribution in [0.1, 0.15) is 6.42 Å². The molecule has 1 aromatic carbocycles. The highest BCUT2D eigenvalue weighted by Gasteiger charge is 2.31. The summed E-state index contributed by atoms with van der Waals surface area (Å²) in [4.78, 5) is 11.4. The lowest BCUT2D eigenvalue weighted by Crippen LogP contribution is -2.46. The predicted molar refractivity (Wildman–Crippen MR) is 76.0 cm³/mol. The first-order chi connectivity index (χ1) is 9.93. The summed E-state index contributed by atoms with van der Waals surface area (Å²) in [5.41, 5.74) is 6.06. The first-order valence-electron chi connectivity index (χ1n) is 6.47. The number of methoxy groups -OCH3 is 1. The Morgan fingerprint density at radius 3 is 2.71 bits per heavy atom. The maximum Gasteiger partial charge on any atom is 0.308 e. The summed E-state index contributed by atoms with van der Waals surface area (Å²) in [7, 11) is -2.32. The summed E-state index contributed by atoms with van der Waals surface area (Å²) >= 11 is 0. The lowest BCUT2D eigenvalue weighted by Gasteiger charge is -2.31. The van der Waals surface area contributed by atoms with E-state index in [9.17, 15) is 13.2 Å². The van der Waals surface area contributed by atoms with Crippen molar-refractivity contribution in [2.24, 2.45) is 0 Å². The molecule has 0 saturated carbocycles. The molecule has 2 N–H and O–H groups in total. The van der Waals surface area contributed by atoms with Crippen LogP contribution in [0.3, 0.4) is 0 Å². The van der Waals surface area contributed by atoms with Crippen molar-refractivity contribution in [3.8, 4) is 0 Å². The lowest BCUT2D eigenvalue weighted by molar-refractivity contribution is -0.145. The molecule has 0 bridgehead atoms. The van der Waals surface area contributed by atoms with Gasteiger partial charge in [-0.3, -0.25) is 4.79 Å². The number of ether oxygens (including phenoxy) is 2. The molecule has 0 aliphatic carbocycles. The molecule has 1 fully saturated rings. The predicted octanol–water partition coefficient (Wildman–Crippen LogP) is 0.221. The standard InChI is InChI=1S/C13H18N2O5S/c1-19-13(16)8-11-9-15(6-7-20-11)21(17,18)12-4-2-10(14)3-5-12/h2-5,11H,6-9,14H2,1H3. The molecule has 0 amide bonds. The van der Waals surface area contributed by atoms with Crippen molar-refractivity contribution < 1.29 is 22.7 Å². The molecule has 1 saturated heterocycles. The molecular weight excluding hydrogens is 296 g/mol. The summed E-state index contributed by atoms with van der Waals surface area (Å²) < 4.78 is 36.3. The van der Waals surface area contributed by atoms with E-state index in [0.717, 1.165) is 0 Å². The van der Waals surface area contributed by atoms with Crippen LogP contribution >= 0.6 is 0 Å². The summed E-state index contributed by atoms with van der Waals surface area (Å²) in [5.74, 6) is -0.424. The second-order valence-corrected chi connectivity index (χ2v) is 6.64. The second-order valence-electron chi connectivity index (χ2n) is 4.71. The molecule has 1 atom stereocenters. The first kappa shape index (κ1) is 15.7. The minimum atomic E-state index is -3.61. The minimum Gasteiger partial charge on any atom is -0.469 e. The minimum absolute atomic E-state index is 0.0320. The smallest absolute Gasteiger partial charge is 0.308 e. The molecule has 1 aromatic rings. The monoisotopic (exact) mass is 314 g/mol. The Morgan fingerprint density at radius 1 is 1.43 bits per heavy atom. The quantitative estimate of drug-likeness (QED) is 0.630. The number of rotatable bonds is 4. The normalized spacial score (nSPS) is 20.1. The van der Waals surface area contributed by atoms with Gasteiger partial charge in [0.15, 0.2) is 0 Å². The average Bonchev–Trinajstić information content (AvgIpc) is 2.48. The number of esters is 1. The topological polar surface area (TPSA) is 98.9 Å². The molecule has 2 rings (SSSR count). The Hall–Kier alpha value is -1.64. The number of benzene rings is 1. The Morgan fingerprint density at radius 2 is 2.10 bits per heavy atom. The van der Waals surface area contributed by atoms with Gasteiger partial charge in [-0.1, -0.05) is 0 Å². The van der Waals surface area contributed by atoms with Crippen molar-refractivity contribution >= 4 is 21.7 Å². The zero-order valence-corrected chi connectivity index (χ0v) is 12.5. The Kier molecular flexibility index (Phi) is 4.81. The fourth-order valence-corrected chi connectivity index (χ4v) is 3.55. The highest BCUT2D eigenvalue weighted by Crippen LogP contribution is 2.20. The summed E-state index contributed by atoms with van der Waals surface area (Å²) in [6, 6.07) is 6.02. The van der Waals surface area contributed by atoms with Crippen molar-refractivity contribution in [1.29, 1.82) is 0 Å². The van der Waals surface area contributed by atoms with Crippen molar-refractivity contribution in [2.45, 2.75) is 17.4 Å². The van der Waals surface area contributed by atoms with E-state index in [4.69, 9.17) is 10.5 Å². The van der Waals surface area contributed by atoms with Crippen LogP contribution in [-0.4, -0.2) is 51.6 Å². The van der Waals surface area contributed by atoms with Crippen LogP contribution in [0.5, 0.6) is 0 Å². The van der Waals surface area contributed by atoms with E-state index < -0.39 is 22.1 Å². The molecule has 1 aliphatic rings. The van der Waals surface area contributed by atoms with Gasteiger partial charge in [0, 0.05) is 18.8 Å².